The number of aldehydes is 1. The highest BCUT2D eigenvalue weighted by atomic mass is 16.5. The molecule has 0 aromatic heterocycles. The minimum absolute atomic E-state index is 0.432. The molecule has 0 aromatic carbocycles. The van der Waals surface area contributed by atoms with E-state index >= 15 is 0 Å². The zero-order valence-electron chi connectivity index (χ0n) is 9.42. The molecule has 0 amide bonds. The van der Waals surface area contributed by atoms with Crippen LogP contribution < -0.4 is 0 Å². The van der Waals surface area contributed by atoms with E-state index in [-0.39, 0.29) is 0 Å². The molecule has 1 aliphatic rings. The van der Waals surface area contributed by atoms with Crippen LogP contribution in [0.15, 0.2) is 0 Å². The summed E-state index contributed by atoms with van der Waals surface area (Å²) in [6.07, 6.45) is 7.76. The third-order valence-corrected chi connectivity index (χ3v) is 3.30. The molecule has 0 atom stereocenters. The van der Waals surface area contributed by atoms with Gasteiger partial charge in [0.15, 0.2) is 6.29 Å². The molecule has 0 N–H and O–H groups in total. The Labute approximate surface area is 87.0 Å². The fourth-order valence-electron chi connectivity index (χ4n) is 2.45. The van der Waals surface area contributed by atoms with Crippen molar-refractivity contribution in [2.75, 3.05) is 6.61 Å². The van der Waals surface area contributed by atoms with E-state index in [1.807, 2.05) is 6.92 Å². The molecule has 0 spiro atoms. The molecule has 2 heteroatoms. The van der Waals surface area contributed by atoms with E-state index in [1.54, 1.807) is 0 Å². The number of carbonyl (C=O) groups is 1. The normalized spacial score (nSPS) is 32.9. The Hall–Kier alpha value is -0.370. The second-order valence-electron chi connectivity index (χ2n) is 4.35. The molecule has 0 unspecified atom stereocenters. The van der Waals surface area contributed by atoms with E-state index in [9.17, 15) is 4.79 Å². The highest BCUT2D eigenvalue weighted by Crippen LogP contribution is 2.35. The fourth-order valence-corrected chi connectivity index (χ4v) is 2.45. The second kappa shape index (κ2) is 5.50. The second-order valence-corrected chi connectivity index (χ2v) is 4.35. The molecule has 1 saturated carbocycles. The third-order valence-electron chi connectivity index (χ3n) is 3.30. The first-order valence-corrected chi connectivity index (χ1v) is 5.86. The molecular formula is C12H22O2. The molecule has 82 valence electrons. The molecule has 1 fully saturated rings. The Morgan fingerprint density at radius 3 is 2.43 bits per heavy atom. The minimum atomic E-state index is -0.432. The molecular weight excluding hydrogens is 176 g/mol. The van der Waals surface area contributed by atoms with Crippen molar-refractivity contribution in [3.05, 3.63) is 0 Å². The summed E-state index contributed by atoms with van der Waals surface area (Å²) in [6.45, 7) is 4.84. The highest BCUT2D eigenvalue weighted by Gasteiger charge is 2.35. The highest BCUT2D eigenvalue weighted by molar-refractivity contribution is 5.62. The summed E-state index contributed by atoms with van der Waals surface area (Å²) < 4.78 is 5.58. The van der Waals surface area contributed by atoms with Crippen molar-refractivity contribution in [2.45, 2.75) is 58.0 Å². The largest absolute Gasteiger partial charge is 0.368 e. The van der Waals surface area contributed by atoms with Gasteiger partial charge in [-0.25, -0.2) is 0 Å². The summed E-state index contributed by atoms with van der Waals surface area (Å²) in [5, 5.41) is 0. The number of ether oxygens (including phenoxy) is 1. The standard InChI is InChI=1S/C12H22O2/c1-3-5-11-6-8-12(10-13,9-7-11)14-4-2/h10-11H,3-9H2,1-2H3. The molecule has 0 aromatic rings. The van der Waals surface area contributed by atoms with Gasteiger partial charge in [-0.15, -0.1) is 0 Å². The monoisotopic (exact) mass is 198 g/mol. The molecule has 0 aliphatic heterocycles. The lowest BCUT2D eigenvalue weighted by atomic mass is 9.78. The number of hydrogen-bond donors (Lipinski definition) is 0. The van der Waals surface area contributed by atoms with Gasteiger partial charge in [-0.3, -0.25) is 0 Å². The Balaban J connectivity index is 2.42. The van der Waals surface area contributed by atoms with Crippen LogP contribution in [0.3, 0.4) is 0 Å². The van der Waals surface area contributed by atoms with Crippen LogP contribution in [0.2, 0.25) is 0 Å². The topological polar surface area (TPSA) is 26.3 Å². The number of rotatable bonds is 5. The van der Waals surface area contributed by atoms with E-state index in [4.69, 9.17) is 4.74 Å². The molecule has 0 saturated heterocycles. The van der Waals surface area contributed by atoms with Gasteiger partial charge in [0.2, 0.25) is 0 Å². The summed E-state index contributed by atoms with van der Waals surface area (Å²) in [4.78, 5) is 11.0. The predicted octanol–water partition coefficient (Wildman–Crippen LogP) is 2.95. The van der Waals surface area contributed by atoms with Crippen LogP contribution in [-0.4, -0.2) is 18.5 Å². The Morgan fingerprint density at radius 2 is 2.00 bits per heavy atom. The Bertz CT molecular complexity index is 169. The molecule has 0 radical (unpaired) electrons. The predicted molar refractivity (Wildman–Crippen MR) is 57.3 cm³/mol. The van der Waals surface area contributed by atoms with Crippen molar-refractivity contribution < 1.29 is 9.53 Å². The summed E-state index contributed by atoms with van der Waals surface area (Å²) in [6, 6.07) is 0. The van der Waals surface area contributed by atoms with Crippen LogP contribution in [-0.2, 0) is 9.53 Å². The van der Waals surface area contributed by atoms with Gasteiger partial charge in [0.05, 0.1) is 0 Å². The van der Waals surface area contributed by atoms with Gasteiger partial charge in [0.1, 0.15) is 5.60 Å². The Kier molecular flexibility index (Phi) is 4.59. The zero-order valence-corrected chi connectivity index (χ0v) is 9.42. The Morgan fingerprint density at radius 1 is 1.36 bits per heavy atom. The van der Waals surface area contributed by atoms with Gasteiger partial charge in [0.25, 0.3) is 0 Å². The summed E-state index contributed by atoms with van der Waals surface area (Å²) in [7, 11) is 0. The van der Waals surface area contributed by atoms with Gasteiger partial charge >= 0.3 is 0 Å². The van der Waals surface area contributed by atoms with Crippen LogP contribution >= 0.6 is 0 Å². The van der Waals surface area contributed by atoms with Crippen LogP contribution in [0.4, 0.5) is 0 Å². The van der Waals surface area contributed by atoms with Crippen molar-refractivity contribution in [1.82, 2.24) is 0 Å². The first-order valence-electron chi connectivity index (χ1n) is 5.86. The maximum absolute atomic E-state index is 11.0. The minimum Gasteiger partial charge on any atom is -0.368 e. The summed E-state index contributed by atoms with van der Waals surface area (Å²) >= 11 is 0. The van der Waals surface area contributed by atoms with Crippen LogP contribution in [0.25, 0.3) is 0 Å². The molecule has 14 heavy (non-hydrogen) atoms. The lowest BCUT2D eigenvalue weighted by Gasteiger charge is -2.35. The van der Waals surface area contributed by atoms with E-state index in [0.29, 0.717) is 6.61 Å². The average Bonchev–Trinajstić information content (AvgIpc) is 2.22. The van der Waals surface area contributed by atoms with Gasteiger partial charge in [-0.2, -0.15) is 0 Å². The molecule has 0 bridgehead atoms. The van der Waals surface area contributed by atoms with Crippen molar-refractivity contribution in [3.63, 3.8) is 0 Å². The van der Waals surface area contributed by atoms with Gasteiger partial charge in [0, 0.05) is 6.61 Å². The third kappa shape index (κ3) is 2.81. The van der Waals surface area contributed by atoms with Gasteiger partial charge in [-0.1, -0.05) is 19.8 Å². The SMILES string of the molecule is CCCC1CCC(C=O)(OCC)CC1. The average molecular weight is 198 g/mol. The lowest BCUT2D eigenvalue weighted by molar-refractivity contribution is -0.136. The number of hydrogen-bond acceptors (Lipinski definition) is 2. The van der Waals surface area contributed by atoms with E-state index < -0.39 is 5.60 Å². The van der Waals surface area contributed by atoms with Crippen molar-refractivity contribution in [2.24, 2.45) is 5.92 Å². The van der Waals surface area contributed by atoms with Crippen molar-refractivity contribution in [1.29, 1.82) is 0 Å². The number of carbonyl (C=O) groups excluding carboxylic acids is 1. The van der Waals surface area contributed by atoms with Gasteiger partial charge < -0.3 is 9.53 Å². The maximum atomic E-state index is 11.0. The molecule has 1 aliphatic carbocycles. The summed E-state index contributed by atoms with van der Waals surface area (Å²) in [5.41, 5.74) is -0.432. The summed E-state index contributed by atoms with van der Waals surface area (Å²) in [5.74, 6) is 0.827. The molecule has 1 rings (SSSR count). The van der Waals surface area contributed by atoms with Crippen LogP contribution in [0, 0.1) is 5.92 Å². The molecule has 0 heterocycles. The van der Waals surface area contributed by atoms with E-state index in [2.05, 4.69) is 6.92 Å². The van der Waals surface area contributed by atoms with E-state index in [1.165, 1.54) is 12.8 Å². The molecule has 2 nitrogen and oxygen atoms in total. The van der Waals surface area contributed by atoms with Crippen LogP contribution in [0.5, 0.6) is 0 Å². The maximum Gasteiger partial charge on any atom is 0.151 e. The van der Waals surface area contributed by atoms with E-state index in [0.717, 1.165) is 37.9 Å². The first-order chi connectivity index (χ1) is 6.76. The fraction of sp³-hybridized carbons (Fsp3) is 0.917. The smallest absolute Gasteiger partial charge is 0.151 e. The van der Waals surface area contributed by atoms with Crippen molar-refractivity contribution >= 4 is 6.29 Å². The van der Waals surface area contributed by atoms with Gasteiger partial charge in [-0.05, 0) is 38.5 Å². The quantitative estimate of drug-likeness (QED) is 0.635. The van der Waals surface area contributed by atoms with Crippen LogP contribution in [0.1, 0.15) is 52.4 Å². The lowest BCUT2D eigenvalue weighted by Crippen LogP contribution is -2.38. The zero-order chi connectivity index (χ0) is 10.4. The van der Waals surface area contributed by atoms with Crippen molar-refractivity contribution in [3.8, 4) is 0 Å². The first kappa shape index (κ1) is 11.7.